The molecule has 1 saturated heterocycles. The Labute approximate surface area is 190 Å². The third kappa shape index (κ3) is 3.57. The van der Waals surface area contributed by atoms with Crippen molar-refractivity contribution in [3.63, 3.8) is 0 Å². The van der Waals surface area contributed by atoms with E-state index in [0.717, 1.165) is 67.9 Å². The Morgan fingerprint density at radius 2 is 2.03 bits per heavy atom. The van der Waals surface area contributed by atoms with Crippen LogP contribution in [0.15, 0.2) is 17.2 Å². The highest BCUT2D eigenvalue weighted by atomic mass is 32.1. The fourth-order valence-electron chi connectivity index (χ4n) is 5.32. The first-order valence-electron chi connectivity index (χ1n) is 11.6. The monoisotopic (exact) mass is 452 g/mol. The number of aryl methyl sites for hydroxylation is 3. The number of carbonyl (C=O) groups excluding carboxylic acids is 1. The molecule has 0 spiro atoms. The van der Waals surface area contributed by atoms with Crippen molar-refractivity contribution in [1.29, 1.82) is 0 Å². The molecular weight excluding hydrogens is 424 g/mol. The molecule has 1 aliphatic heterocycles. The summed E-state index contributed by atoms with van der Waals surface area (Å²) in [5, 5.41) is 5.05. The Bertz CT molecular complexity index is 1240. The minimum Gasteiger partial charge on any atom is -0.340 e. The molecular formula is C23H28N6O2S. The van der Waals surface area contributed by atoms with Crippen molar-refractivity contribution in [2.45, 2.75) is 44.6 Å². The summed E-state index contributed by atoms with van der Waals surface area (Å²) in [5.41, 5.74) is 2.41. The van der Waals surface area contributed by atoms with Gasteiger partial charge in [0.2, 0.25) is 5.91 Å². The van der Waals surface area contributed by atoms with E-state index in [1.54, 1.807) is 16.0 Å². The molecule has 9 heteroatoms. The number of nitrogens with one attached hydrogen (secondary N) is 1. The van der Waals surface area contributed by atoms with Crippen LogP contribution in [0.3, 0.4) is 0 Å². The zero-order valence-electron chi connectivity index (χ0n) is 18.3. The van der Waals surface area contributed by atoms with Gasteiger partial charge in [-0.3, -0.25) is 19.2 Å². The first kappa shape index (κ1) is 20.1. The van der Waals surface area contributed by atoms with Gasteiger partial charge in [0.05, 0.1) is 18.1 Å². The minimum atomic E-state index is 0.00777. The van der Waals surface area contributed by atoms with Gasteiger partial charge in [-0.1, -0.05) is 0 Å². The molecule has 2 atom stereocenters. The van der Waals surface area contributed by atoms with E-state index in [9.17, 15) is 9.59 Å². The van der Waals surface area contributed by atoms with Crippen molar-refractivity contribution in [2.75, 3.05) is 26.2 Å². The summed E-state index contributed by atoms with van der Waals surface area (Å²) >= 11 is 1.70. The molecule has 0 aromatic carbocycles. The number of aromatic amines is 1. The number of hydrogen-bond donors (Lipinski definition) is 1. The van der Waals surface area contributed by atoms with Crippen LogP contribution in [0.4, 0.5) is 0 Å². The van der Waals surface area contributed by atoms with Crippen molar-refractivity contribution in [3.8, 4) is 0 Å². The third-order valence-corrected chi connectivity index (χ3v) is 8.38. The fourth-order valence-corrected chi connectivity index (χ4v) is 6.60. The number of fused-ring (bicyclic) bond motifs is 3. The van der Waals surface area contributed by atoms with E-state index in [4.69, 9.17) is 4.98 Å². The predicted octanol–water partition coefficient (Wildman–Crippen LogP) is 2.04. The maximum atomic E-state index is 12.9. The zero-order valence-corrected chi connectivity index (χ0v) is 19.2. The highest BCUT2D eigenvalue weighted by Crippen LogP contribution is 2.48. The van der Waals surface area contributed by atoms with E-state index >= 15 is 0 Å². The molecule has 8 nitrogen and oxygen atoms in total. The molecule has 1 N–H and O–H groups in total. The fraction of sp³-hybridized carbons (Fsp3) is 0.565. The Kier molecular flexibility index (Phi) is 4.91. The molecule has 0 bridgehead atoms. The van der Waals surface area contributed by atoms with Crippen LogP contribution in [-0.4, -0.2) is 61.6 Å². The molecule has 3 aromatic rings. The SMILES string of the molecule is Cn1cc(C2CC2C(=O)N2CCN(Cc3nc4sc5c(c4c(=O)[nH]3)CCCC5)CC2)cn1. The number of aromatic nitrogens is 4. The molecule has 6 rings (SSSR count). The summed E-state index contributed by atoms with van der Waals surface area (Å²) in [6.07, 6.45) is 9.27. The maximum absolute atomic E-state index is 12.9. The van der Waals surface area contributed by atoms with E-state index in [2.05, 4.69) is 15.0 Å². The molecule has 0 radical (unpaired) electrons. The Hall–Kier alpha value is -2.52. The molecule has 3 aliphatic rings. The van der Waals surface area contributed by atoms with Crippen LogP contribution in [0.5, 0.6) is 0 Å². The van der Waals surface area contributed by atoms with Crippen molar-refractivity contribution < 1.29 is 4.79 Å². The predicted molar refractivity (Wildman–Crippen MR) is 123 cm³/mol. The highest BCUT2D eigenvalue weighted by Gasteiger charge is 2.46. The lowest BCUT2D eigenvalue weighted by Crippen LogP contribution is -2.49. The summed E-state index contributed by atoms with van der Waals surface area (Å²) in [5.74, 6) is 1.44. The largest absolute Gasteiger partial charge is 0.340 e. The first-order valence-corrected chi connectivity index (χ1v) is 12.4. The lowest BCUT2D eigenvalue weighted by molar-refractivity contribution is -0.134. The molecule has 2 aliphatic carbocycles. The summed E-state index contributed by atoms with van der Waals surface area (Å²) in [6, 6.07) is 0. The number of nitrogens with zero attached hydrogens (tertiary/aromatic N) is 5. The number of piperazine rings is 1. The summed E-state index contributed by atoms with van der Waals surface area (Å²) in [4.78, 5) is 40.1. The lowest BCUT2D eigenvalue weighted by Gasteiger charge is -2.34. The number of thiophene rings is 1. The highest BCUT2D eigenvalue weighted by molar-refractivity contribution is 7.18. The first-order chi connectivity index (χ1) is 15.6. The Morgan fingerprint density at radius 1 is 1.22 bits per heavy atom. The van der Waals surface area contributed by atoms with E-state index in [1.165, 1.54) is 22.4 Å². The van der Waals surface area contributed by atoms with Gasteiger partial charge in [-0.25, -0.2) is 4.98 Å². The standard InChI is InChI=1S/C23H28N6O2S/c1-27-12-14(11-24-27)16-10-17(16)23(31)29-8-6-28(7-9-29)13-19-25-21(30)20-15-4-2-3-5-18(15)32-22(20)26-19/h11-12,16-17H,2-10,13H2,1H3,(H,25,26,30). The van der Waals surface area contributed by atoms with Gasteiger partial charge in [0.1, 0.15) is 10.7 Å². The molecule has 4 heterocycles. The van der Waals surface area contributed by atoms with Crippen LogP contribution in [0.25, 0.3) is 10.2 Å². The Balaban J connectivity index is 1.08. The zero-order chi connectivity index (χ0) is 21.8. The van der Waals surface area contributed by atoms with Crippen LogP contribution in [0.1, 0.15) is 47.0 Å². The van der Waals surface area contributed by atoms with Gasteiger partial charge in [-0.05, 0) is 49.1 Å². The van der Waals surface area contributed by atoms with Crippen LogP contribution in [0.2, 0.25) is 0 Å². The Morgan fingerprint density at radius 3 is 2.81 bits per heavy atom. The molecule has 32 heavy (non-hydrogen) atoms. The number of hydrogen-bond acceptors (Lipinski definition) is 6. The number of rotatable bonds is 4. The second kappa shape index (κ2) is 7.81. The van der Waals surface area contributed by atoms with Crippen molar-refractivity contribution in [1.82, 2.24) is 29.5 Å². The molecule has 168 valence electrons. The quantitative estimate of drug-likeness (QED) is 0.655. The van der Waals surface area contributed by atoms with E-state index in [-0.39, 0.29) is 17.4 Å². The van der Waals surface area contributed by atoms with Gasteiger partial charge in [0, 0.05) is 50.2 Å². The topological polar surface area (TPSA) is 87.1 Å². The van der Waals surface area contributed by atoms with E-state index < -0.39 is 0 Å². The van der Waals surface area contributed by atoms with Crippen LogP contribution >= 0.6 is 11.3 Å². The second-order valence-electron chi connectivity index (χ2n) is 9.40. The van der Waals surface area contributed by atoms with Gasteiger partial charge in [0.15, 0.2) is 0 Å². The van der Waals surface area contributed by atoms with Gasteiger partial charge in [-0.15, -0.1) is 11.3 Å². The molecule has 2 unspecified atom stereocenters. The van der Waals surface area contributed by atoms with Crippen LogP contribution in [0, 0.1) is 5.92 Å². The normalized spacial score (nSPS) is 23.5. The number of H-pyrrole nitrogens is 1. The lowest BCUT2D eigenvalue weighted by atomic mass is 9.97. The molecule has 1 saturated carbocycles. The number of amides is 1. The summed E-state index contributed by atoms with van der Waals surface area (Å²) in [7, 11) is 1.91. The van der Waals surface area contributed by atoms with Gasteiger partial charge in [0.25, 0.3) is 5.56 Å². The minimum absolute atomic E-state index is 0.00777. The number of carbonyl (C=O) groups is 1. The molecule has 2 fully saturated rings. The molecule has 3 aromatic heterocycles. The average molecular weight is 453 g/mol. The maximum Gasteiger partial charge on any atom is 0.259 e. The van der Waals surface area contributed by atoms with Crippen molar-refractivity contribution in [3.05, 3.63) is 44.6 Å². The second-order valence-corrected chi connectivity index (χ2v) is 10.5. The molecule has 1 amide bonds. The summed E-state index contributed by atoms with van der Waals surface area (Å²) < 4.78 is 1.80. The third-order valence-electron chi connectivity index (χ3n) is 7.19. The summed E-state index contributed by atoms with van der Waals surface area (Å²) in [6.45, 7) is 3.69. The van der Waals surface area contributed by atoms with Gasteiger partial charge < -0.3 is 9.88 Å². The van der Waals surface area contributed by atoms with Crippen LogP contribution < -0.4 is 5.56 Å². The van der Waals surface area contributed by atoms with Gasteiger partial charge >= 0.3 is 0 Å². The van der Waals surface area contributed by atoms with Gasteiger partial charge in [-0.2, -0.15) is 5.10 Å². The van der Waals surface area contributed by atoms with Crippen molar-refractivity contribution >= 4 is 27.5 Å². The smallest absolute Gasteiger partial charge is 0.259 e. The van der Waals surface area contributed by atoms with Crippen molar-refractivity contribution in [2.24, 2.45) is 13.0 Å². The van der Waals surface area contributed by atoms with E-state index in [1.807, 2.05) is 24.3 Å². The average Bonchev–Trinajstić information content (AvgIpc) is 3.32. The van der Waals surface area contributed by atoms with E-state index in [0.29, 0.717) is 12.5 Å². The van der Waals surface area contributed by atoms with Crippen LogP contribution in [-0.2, 0) is 31.2 Å².